The van der Waals surface area contributed by atoms with Gasteiger partial charge in [-0.15, -0.1) is 11.3 Å². The Hall–Kier alpha value is -2.97. The maximum atomic E-state index is 13.6. The molecule has 0 saturated heterocycles. The maximum absolute atomic E-state index is 13.6. The fourth-order valence-corrected chi connectivity index (χ4v) is 4.83. The first-order chi connectivity index (χ1) is 15.0. The van der Waals surface area contributed by atoms with E-state index < -0.39 is 0 Å². The highest BCUT2D eigenvalue weighted by Crippen LogP contribution is 2.25. The zero-order chi connectivity index (χ0) is 22.0. The monoisotopic (exact) mass is 453 g/mol. The van der Waals surface area contributed by atoms with Crippen molar-refractivity contribution in [3.8, 4) is 5.69 Å². The minimum atomic E-state index is -0.373. The summed E-state index contributed by atoms with van der Waals surface area (Å²) in [4.78, 5) is 30.3. The van der Waals surface area contributed by atoms with Gasteiger partial charge in [0.25, 0.3) is 5.56 Å². The molecule has 0 aliphatic heterocycles. The normalized spacial score (nSPS) is 11.1. The number of aromatic nitrogens is 2. The van der Waals surface area contributed by atoms with Crippen molar-refractivity contribution in [3.63, 3.8) is 0 Å². The van der Waals surface area contributed by atoms with Crippen LogP contribution in [0.5, 0.6) is 0 Å². The molecule has 31 heavy (non-hydrogen) atoms. The van der Waals surface area contributed by atoms with E-state index in [4.69, 9.17) is 0 Å². The van der Waals surface area contributed by atoms with Gasteiger partial charge in [0, 0.05) is 5.69 Å². The average molecular weight is 454 g/mol. The van der Waals surface area contributed by atoms with E-state index in [9.17, 15) is 14.0 Å². The summed E-state index contributed by atoms with van der Waals surface area (Å²) in [6.45, 7) is 3.80. The Kier molecular flexibility index (Phi) is 6.20. The molecule has 1 N–H and O–H groups in total. The number of thioether (sulfide) groups is 1. The SMILES string of the molecule is CCc1cccc(NC(=O)CSc2nc3ccsc3c(=O)n2-c2ccc(F)cc2C)c1. The number of anilines is 1. The van der Waals surface area contributed by atoms with Gasteiger partial charge in [-0.1, -0.05) is 30.8 Å². The largest absolute Gasteiger partial charge is 0.325 e. The first-order valence-electron chi connectivity index (χ1n) is 9.74. The molecule has 0 saturated carbocycles. The standard InChI is InChI=1S/C23H20FN3O2S2/c1-3-15-5-4-6-17(12-15)25-20(28)13-31-23-26-18-9-10-30-21(18)22(29)27(23)19-8-7-16(24)11-14(19)2/h4-12H,3,13H2,1-2H3,(H,25,28). The fraction of sp³-hybridized carbons (Fsp3) is 0.174. The van der Waals surface area contributed by atoms with Gasteiger partial charge in [-0.25, -0.2) is 9.37 Å². The lowest BCUT2D eigenvalue weighted by Gasteiger charge is -2.14. The Labute approximate surface area is 187 Å². The van der Waals surface area contributed by atoms with E-state index >= 15 is 0 Å². The third-order valence-corrected chi connectivity index (χ3v) is 6.63. The fourth-order valence-electron chi connectivity index (χ4n) is 3.27. The second-order valence-corrected chi connectivity index (χ2v) is 8.85. The molecule has 5 nitrogen and oxygen atoms in total. The van der Waals surface area contributed by atoms with E-state index in [1.165, 1.54) is 39.8 Å². The Morgan fingerprint density at radius 1 is 1.23 bits per heavy atom. The second kappa shape index (κ2) is 9.03. The van der Waals surface area contributed by atoms with Crippen molar-refractivity contribution in [2.75, 3.05) is 11.1 Å². The van der Waals surface area contributed by atoms with Crippen LogP contribution in [-0.4, -0.2) is 21.2 Å². The summed E-state index contributed by atoms with van der Waals surface area (Å²) in [6.07, 6.45) is 0.881. The number of hydrogen-bond donors (Lipinski definition) is 1. The molecule has 4 aromatic rings. The zero-order valence-electron chi connectivity index (χ0n) is 17.0. The van der Waals surface area contributed by atoms with Crippen LogP contribution in [0, 0.1) is 12.7 Å². The van der Waals surface area contributed by atoms with Gasteiger partial charge in [0.1, 0.15) is 10.5 Å². The first-order valence-corrected chi connectivity index (χ1v) is 11.6. The minimum absolute atomic E-state index is 0.0820. The smallest absolute Gasteiger partial charge is 0.276 e. The number of thiophene rings is 1. The van der Waals surface area contributed by atoms with Crippen LogP contribution < -0.4 is 10.9 Å². The van der Waals surface area contributed by atoms with Gasteiger partial charge in [-0.3, -0.25) is 14.2 Å². The second-order valence-electron chi connectivity index (χ2n) is 6.99. The highest BCUT2D eigenvalue weighted by molar-refractivity contribution is 7.99. The molecule has 4 rings (SSSR count). The Morgan fingerprint density at radius 3 is 2.84 bits per heavy atom. The van der Waals surface area contributed by atoms with Crippen molar-refractivity contribution >= 4 is 44.9 Å². The molecule has 0 aliphatic carbocycles. The van der Waals surface area contributed by atoms with E-state index in [0.717, 1.165) is 17.7 Å². The predicted molar refractivity (Wildman–Crippen MR) is 125 cm³/mol. The molecular weight excluding hydrogens is 433 g/mol. The van der Waals surface area contributed by atoms with Crippen molar-refractivity contribution in [2.45, 2.75) is 25.4 Å². The third-order valence-electron chi connectivity index (χ3n) is 4.80. The summed E-state index contributed by atoms with van der Waals surface area (Å²) in [6, 6.07) is 13.7. The maximum Gasteiger partial charge on any atom is 0.276 e. The third kappa shape index (κ3) is 4.55. The summed E-state index contributed by atoms with van der Waals surface area (Å²) < 4.78 is 15.6. The Morgan fingerprint density at radius 2 is 2.06 bits per heavy atom. The molecule has 0 bridgehead atoms. The summed E-state index contributed by atoms with van der Waals surface area (Å²) >= 11 is 2.49. The van der Waals surface area contributed by atoms with E-state index in [2.05, 4.69) is 17.2 Å². The van der Waals surface area contributed by atoms with E-state index in [0.29, 0.717) is 26.6 Å². The van der Waals surface area contributed by atoms with Crippen LogP contribution in [0.1, 0.15) is 18.1 Å². The molecule has 0 aliphatic rings. The van der Waals surface area contributed by atoms with Crippen molar-refractivity contribution in [3.05, 3.63) is 81.2 Å². The molecule has 0 spiro atoms. The minimum Gasteiger partial charge on any atom is -0.325 e. The molecule has 0 atom stereocenters. The molecule has 2 heterocycles. The number of nitrogens with one attached hydrogen (secondary N) is 1. The van der Waals surface area contributed by atoms with Gasteiger partial charge in [0.2, 0.25) is 5.91 Å². The van der Waals surface area contributed by atoms with Crippen LogP contribution >= 0.6 is 23.1 Å². The lowest BCUT2D eigenvalue weighted by molar-refractivity contribution is -0.113. The summed E-state index contributed by atoms with van der Waals surface area (Å²) in [7, 11) is 0. The lowest BCUT2D eigenvalue weighted by atomic mass is 10.1. The van der Waals surface area contributed by atoms with Crippen molar-refractivity contribution < 1.29 is 9.18 Å². The number of fused-ring (bicyclic) bond motifs is 1. The van der Waals surface area contributed by atoms with E-state index in [-0.39, 0.29) is 23.0 Å². The number of rotatable bonds is 6. The Balaban J connectivity index is 1.65. The van der Waals surface area contributed by atoms with Crippen LogP contribution in [0.4, 0.5) is 10.1 Å². The van der Waals surface area contributed by atoms with Gasteiger partial charge in [-0.2, -0.15) is 0 Å². The quantitative estimate of drug-likeness (QED) is 0.322. The van der Waals surface area contributed by atoms with E-state index in [1.54, 1.807) is 19.1 Å². The van der Waals surface area contributed by atoms with E-state index in [1.807, 2.05) is 29.6 Å². The van der Waals surface area contributed by atoms with Crippen LogP contribution in [0.15, 0.2) is 63.9 Å². The van der Waals surface area contributed by atoms with Crippen LogP contribution in [0.25, 0.3) is 15.9 Å². The van der Waals surface area contributed by atoms with Gasteiger partial charge in [0.05, 0.1) is 17.0 Å². The molecule has 8 heteroatoms. The molecule has 0 unspecified atom stereocenters. The average Bonchev–Trinajstić information content (AvgIpc) is 3.22. The summed E-state index contributed by atoms with van der Waals surface area (Å²) in [5.41, 5.74) is 3.39. The number of halogens is 1. The Bertz CT molecular complexity index is 1330. The highest BCUT2D eigenvalue weighted by atomic mass is 32.2. The summed E-state index contributed by atoms with van der Waals surface area (Å²) in [5, 5.41) is 5.09. The van der Waals surface area contributed by atoms with Gasteiger partial charge in [0.15, 0.2) is 5.16 Å². The van der Waals surface area contributed by atoms with Crippen LogP contribution in [-0.2, 0) is 11.2 Å². The van der Waals surface area contributed by atoms with Crippen LogP contribution in [0.3, 0.4) is 0 Å². The number of nitrogens with zero attached hydrogens (tertiary/aromatic N) is 2. The van der Waals surface area contributed by atoms with Gasteiger partial charge in [-0.05, 0) is 66.2 Å². The highest BCUT2D eigenvalue weighted by Gasteiger charge is 2.17. The topological polar surface area (TPSA) is 64.0 Å². The molecule has 1 amide bonds. The number of aryl methyl sites for hydroxylation is 2. The summed E-state index contributed by atoms with van der Waals surface area (Å²) in [5.74, 6) is -0.485. The number of amides is 1. The number of hydrogen-bond acceptors (Lipinski definition) is 5. The zero-order valence-corrected chi connectivity index (χ0v) is 18.6. The predicted octanol–water partition coefficient (Wildman–Crippen LogP) is 5.19. The molecule has 2 aromatic heterocycles. The molecule has 0 fully saturated rings. The molecule has 2 aromatic carbocycles. The van der Waals surface area contributed by atoms with Crippen molar-refractivity contribution in [2.24, 2.45) is 0 Å². The van der Waals surface area contributed by atoms with Gasteiger partial charge >= 0.3 is 0 Å². The van der Waals surface area contributed by atoms with Crippen molar-refractivity contribution in [1.82, 2.24) is 9.55 Å². The van der Waals surface area contributed by atoms with Gasteiger partial charge < -0.3 is 5.32 Å². The van der Waals surface area contributed by atoms with Crippen LogP contribution in [0.2, 0.25) is 0 Å². The lowest BCUT2D eigenvalue weighted by Crippen LogP contribution is -2.23. The molecule has 158 valence electrons. The number of carbonyl (C=O) groups excluding carboxylic acids is 1. The van der Waals surface area contributed by atoms with Crippen molar-refractivity contribution in [1.29, 1.82) is 0 Å². The number of benzene rings is 2. The molecular formula is C23H20FN3O2S2. The molecule has 0 radical (unpaired) electrons. The first kappa shape index (κ1) is 21.3. The number of carbonyl (C=O) groups is 1.